The lowest BCUT2D eigenvalue weighted by atomic mass is 10.2. The van der Waals surface area contributed by atoms with Crippen molar-refractivity contribution in [2.45, 2.75) is 26.9 Å². The summed E-state index contributed by atoms with van der Waals surface area (Å²) in [5.74, 6) is 0.913. The largest absolute Gasteiger partial charge is 0.490 e. The van der Waals surface area contributed by atoms with Crippen LogP contribution in [0, 0.1) is 0 Å². The molecule has 0 fully saturated rings. The van der Waals surface area contributed by atoms with E-state index in [1.165, 1.54) is 6.26 Å². The summed E-state index contributed by atoms with van der Waals surface area (Å²) in [5.41, 5.74) is -0.0171. The van der Waals surface area contributed by atoms with Gasteiger partial charge >= 0.3 is 5.97 Å². The fraction of sp³-hybridized carbons (Fsp3) is 0.273. The molecule has 0 aliphatic carbocycles. The molecule has 0 N–H and O–H groups in total. The predicted octanol–water partition coefficient (Wildman–Crippen LogP) is 4.31. The molecular formula is C22H22O7. The summed E-state index contributed by atoms with van der Waals surface area (Å²) in [6.07, 6.45) is 0.461. The van der Waals surface area contributed by atoms with Crippen molar-refractivity contribution in [1.29, 1.82) is 0 Å². The van der Waals surface area contributed by atoms with Crippen molar-refractivity contribution >= 4 is 16.9 Å². The van der Waals surface area contributed by atoms with Crippen molar-refractivity contribution in [3.05, 3.63) is 59.0 Å². The lowest BCUT2D eigenvalue weighted by molar-refractivity contribution is -0.150. The molecule has 0 saturated heterocycles. The molecule has 1 aromatic heterocycles. The van der Waals surface area contributed by atoms with Gasteiger partial charge in [-0.3, -0.25) is 4.79 Å². The van der Waals surface area contributed by atoms with Gasteiger partial charge in [0, 0.05) is 6.07 Å². The Balaban J connectivity index is 1.85. The molecule has 0 saturated carbocycles. The average molecular weight is 398 g/mol. The summed E-state index contributed by atoms with van der Waals surface area (Å²) in [4.78, 5) is 24.5. The minimum atomic E-state index is -0.781. The first-order valence-corrected chi connectivity index (χ1v) is 9.32. The number of fused-ring (bicyclic) bond motifs is 1. The third-order valence-corrected chi connectivity index (χ3v) is 4.01. The number of carbonyl (C=O) groups is 1. The molecule has 1 atom stereocenters. The van der Waals surface area contributed by atoms with Crippen LogP contribution in [0.3, 0.4) is 0 Å². The zero-order valence-electron chi connectivity index (χ0n) is 16.5. The van der Waals surface area contributed by atoms with E-state index < -0.39 is 12.1 Å². The Kier molecular flexibility index (Phi) is 6.39. The van der Waals surface area contributed by atoms with Crippen LogP contribution in [0.2, 0.25) is 0 Å². The van der Waals surface area contributed by atoms with E-state index in [0.717, 1.165) is 0 Å². The summed E-state index contributed by atoms with van der Waals surface area (Å²) >= 11 is 0. The van der Waals surface area contributed by atoms with Crippen LogP contribution in [0.25, 0.3) is 11.0 Å². The van der Waals surface area contributed by atoms with Crippen molar-refractivity contribution < 1.29 is 28.2 Å². The van der Waals surface area contributed by atoms with Gasteiger partial charge in [-0.05, 0) is 45.0 Å². The number of hydrogen-bond acceptors (Lipinski definition) is 7. The lowest BCUT2D eigenvalue weighted by Crippen LogP contribution is -2.26. The van der Waals surface area contributed by atoms with Crippen LogP contribution >= 0.6 is 0 Å². The highest BCUT2D eigenvalue weighted by Gasteiger charge is 2.17. The number of esters is 1. The summed E-state index contributed by atoms with van der Waals surface area (Å²) < 4.78 is 27.3. The summed E-state index contributed by atoms with van der Waals surface area (Å²) in [7, 11) is 0. The van der Waals surface area contributed by atoms with Gasteiger partial charge in [0.1, 0.15) is 17.6 Å². The molecule has 1 heterocycles. The zero-order valence-corrected chi connectivity index (χ0v) is 16.5. The first-order chi connectivity index (χ1) is 14.0. The molecule has 152 valence electrons. The quantitative estimate of drug-likeness (QED) is 0.523. The zero-order chi connectivity index (χ0) is 20.8. The molecular weight excluding hydrogens is 376 g/mol. The monoisotopic (exact) mass is 398 g/mol. The highest BCUT2D eigenvalue weighted by molar-refractivity contribution is 5.79. The number of carbonyl (C=O) groups excluding carboxylic acids is 1. The van der Waals surface area contributed by atoms with E-state index >= 15 is 0 Å². The molecule has 0 spiro atoms. The molecule has 7 heteroatoms. The van der Waals surface area contributed by atoms with Crippen molar-refractivity contribution in [2.24, 2.45) is 0 Å². The smallest absolute Gasteiger partial charge is 0.347 e. The maximum Gasteiger partial charge on any atom is 0.347 e. The maximum atomic E-state index is 12.8. The lowest BCUT2D eigenvalue weighted by Gasteiger charge is -2.14. The number of para-hydroxylation sites is 2. The normalized spacial score (nSPS) is 11.7. The minimum absolute atomic E-state index is 0.0400. The standard InChI is InChI=1S/C22H22O7/c1-4-25-17-8-6-7-9-18(17)29-20-13-27-19-12-15(10-11-16(19)21(20)23)28-14(3)22(24)26-5-2/h6-14H,4-5H2,1-3H3/t14-/m1/s1. The molecule has 29 heavy (non-hydrogen) atoms. The van der Waals surface area contributed by atoms with Crippen LogP contribution in [0.5, 0.6) is 23.0 Å². The Labute approximate surface area is 167 Å². The van der Waals surface area contributed by atoms with Gasteiger partial charge in [0.15, 0.2) is 17.6 Å². The van der Waals surface area contributed by atoms with Crippen LogP contribution in [-0.4, -0.2) is 25.3 Å². The first kappa shape index (κ1) is 20.3. The van der Waals surface area contributed by atoms with Crippen LogP contribution in [-0.2, 0) is 9.53 Å². The SMILES string of the molecule is CCOC(=O)[C@@H](C)Oc1ccc2c(=O)c(Oc3ccccc3OCC)coc2c1. The van der Waals surface area contributed by atoms with E-state index in [1.54, 1.807) is 50.2 Å². The van der Waals surface area contributed by atoms with Gasteiger partial charge in [-0.25, -0.2) is 4.79 Å². The van der Waals surface area contributed by atoms with E-state index in [-0.39, 0.29) is 17.8 Å². The Morgan fingerprint density at radius 3 is 2.52 bits per heavy atom. The molecule has 7 nitrogen and oxygen atoms in total. The number of ether oxygens (including phenoxy) is 4. The Hall–Kier alpha value is -3.48. The minimum Gasteiger partial charge on any atom is -0.490 e. The average Bonchev–Trinajstić information content (AvgIpc) is 2.72. The van der Waals surface area contributed by atoms with Crippen molar-refractivity contribution in [3.63, 3.8) is 0 Å². The summed E-state index contributed by atoms with van der Waals surface area (Å²) in [6, 6.07) is 11.8. The van der Waals surface area contributed by atoms with Gasteiger partial charge in [0.05, 0.1) is 18.6 Å². The first-order valence-electron chi connectivity index (χ1n) is 9.32. The number of hydrogen-bond donors (Lipinski definition) is 0. The van der Waals surface area contributed by atoms with E-state index in [0.29, 0.717) is 34.8 Å². The summed E-state index contributed by atoms with van der Waals surface area (Å²) in [6.45, 7) is 5.92. The number of rotatable bonds is 8. The van der Waals surface area contributed by atoms with E-state index in [1.807, 2.05) is 13.0 Å². The third-order valence-electron chi connectivity index (χ3n) is 4.01. The molecule has 0 amide bonds. The van der Waals surface area contributed by atoms with Gasteiger partial charge < -0.3 is 23.4 Å². The topological polar surface area (TPSA) is 84.2 Å². The van der Waals surface area contributed by atoms with Crippen LogP contribution < -0.4 is 19.6 Å². The molecule has 3 aromatic rings. The Morgan fingerprint density at radius 2 is 1.79 bits per heavy atom. The van der Waals surface area contributed by atoms with Gasteiger partial charge in [0.25, 0.3) is 0 Å². The second-order valence-electron chi connectivity index (χ2n) is 6.08. The third kappa shape index (κ3) is 4.68. The second-order valence-corrected chi connectivity index (χ2v) is 6.08. The molecule has 0 aliphatic rings. The number of benzene rings is 2. The van der Waals surface area contributed by atoms with Crippen LogP contribution in [0.15, 0.2) is 57.9 Å². The predicted molar refractivity (Wildman–Crippen MR) is 107 cm³/mol. The van der Waals surface area contributed by atoms with Crippen LogP contribution in [0.1, 0.15) is 20.8 Å². The molecule has 0 aliphatic heterocycles. The molecule has 3 rings (SSSR count). The molecule has 0 bridgehead atoms. The van der Waals surface area contributed by atoms with Crippen molar-refractivity contribution in [2.75, 3.05) is 13.2 Å². The van der Waals surface area contributed by atoms with Gasteiger partial charge in [-0.15, -0.1) is 0 Å². The highest BCUT2D eigenvalue weighted by atomic mass is 16.6. The van der Waals surface area contributed by atoms with E-state index in [2.05, 4.69) is 0 Å². The van der Waals surface area contributed by atoms with E-state index in [4.69, 9.17) is 23.4 Å². The Morgan fingerprint density at radius 1 is 1.03 bits per heavy atom. The molecule has 0 unspecified atom stereocenters. The van der Waals surface area contributed by atoms with Gasteiger partial charge in [-0.1, -0.05) is 12.1 Å². The molecule has 2 aromatic carbocycles. The van der Waals surface area contributed by atoms with Crippen molar-refractivity contribution in [1.82, 2.24) is 0 Å². The highest BCUT2D eigenvalue weighted by Crippen LogP contribution is 2.31. The van der Waals surface area contributed by atoms with Crippen LogP contribution in [0.4, 0.5) is 0 Å². The fourth-order valence-electron chi connectivity index (χ4n) is 2.67. The summed E-state index contributed by atoms with van der Waals surface area (Å²) in [5, 5.41) is 0.326. The molecule has 0 radical (unpaired) electrons. The van der Waals surface area contributed by atoms with Gasteiger partial charge in [-0.2, -0.15) is 0 Å². The maximum absolute atomic E-state index is 12.8. The van der Waals surface area contributed by atoms with Gasteiger partial charge in [0.2, 0.25) is 11.2 Å². The fourth-order valence-corrected chi connectivity index (χ4v) is 2.67. The Bertz CT molecular complexity index is 1050. The van der Waals surface area contributed by atoms with Crippen molar-refractivity contribution in [3.8, 4) is 23.0 Å². The second kappa shape index (κ2) is 9.14. The van der Waals surface area contributed by atoms with E-state index in [9.17, 15) is 9.59 Å².